The highest BCUT2D eigenvalue weighted by Gasteiger charge is 2.31. The second-order valence-corrected chi connectivity index (χ2v) is 7.44. The lowest BCUT2D eigenvalue weighted by Crippen LogP contribution is -2.48. The van der Waals surface area contributed by atoms with Gasteiger partial charge in [0.05, 0.1) is 6.54 Å². The summed E-state index contributed by atoms with van der Waals surface area (Å²) >= 11 is 0. The SMILES string of the molecule is NC(=O)CN(Cc1ccc(OCc2ccccc2)cc1)C(=O)[C@@H]1COc2ccccc2O1. The van der Waals surface area contributed by atoms with Crippen molar-refractivity contribution in [2.45, 2.75) is 19.3 Å². The number of primary amides is 1. The van der Waals surface area contributed by atoms with E-state index in [1.54, 1.807) is 18.2 Å². The molecule has 0 saturated heterocycles. The van der Waals surface area contributed by atoms with E-state index >= 15 is 0 Å². The Balaban J connectivity index is 1.40. The van der Waals surface area contributed by atoms with Crippen LogP contribution in [0.3, 0.4) is 0 Å². The van der Waals surface area contributed by atoms with Gasteiger partial charge in [-0.25, -0.2) is 0 Å². The van der Waals surface area contributed by atoms with Gasteiger partial charge in [-0.15, -0.1) is 0 Å². The molecule has 4 rings (SSSR count). The number of ether oxygens (including phenoxy) is 3. The Morgan fingerprint density at radius 3 is 2.31 bits per heavy atom. The lowest BCUT2D eigenvalue weighted by molar-refractivity contribution is -0.144. The van der Waals surface area contributed by atoms with Crippen molar-refractivity contribution in [2.75, 3.05) is 13.2 Å². The second-order valence-electron chi connectivity index (χ2n) is 7.44. The molecule has 164 valence electrons. The monoisotopic (exact) mass is 432 g/mol. The first-order valence-corrected chi connectivity index (χ1v) is 10.3. The van der Waals surface area contributed by atoms with Crippen molar-refractivity contribution in [3.63, 3.8) is 0 Å². The van der Waals surface area contributed by atoms with Crippen molar-refractivity contribution in [2.24, 2.45) is 5.73 Å². The number of rotatable bonds is 8. The first kappa shape index (κ1) is 21.2. The predicted molar refractivity (Wildman–Crippen MR) is 118 cm³/mol. The van der Waals surface area contributed by atoms with Crippen LogP contribution in [0.15, 0.2) is 78.9 Å². The molecule has 0 unspecified atom stereocenters. The molecule has 0 aliphatic carbocycles. The first-order valence-electron chi connectivity index (χ1n) is 10.3. The molecule has 0 radical (unpaired) electrons. The Bertz CT molecular complexity index is 1070. The summed E-state index contributed by atoms with van der Waals surface area (Å²) in [6.45, 7) is 0.527. The van der Waals surface area contributed by atoms with E-state index in [-0.39, 0.29) is 25.6 Å². The average molecular weight is 432 g/mol. The largest absolute Gasteiger partial charge is 0.489 e. The van der Waals surface area contributed by atoms with Gasteiger partial charge in [0.1, 0.15) is 19.0 Å². The molecule has 3 aromatic carbocycles. The zero-order valence-corrected chi connectivity index (χ0v) is 17.5. The molecule has 32 heavy (non-hydrogen) atoms. The molecule has 0 bridgehead atoms. The lowest BCUT2D eigenvalue weighted by Gasteiger charge is -2.30. The summed E-state index contributed by atoms with van der Waals surface area (Å²) in [5, 5.41) is 0. The minimum Gasteiger partial charge on any atom is -0.489 e. The molecule has 0 saturated carbocycles. The van der Waals surface area contributed by atoms with Crippen LogP contribution in [0.5, 0.6) is 17.2 Å². The summed E-state index contributed by atoms with van der Waals surface area (Å²) in [5.41, 5.74) is 7.30. The maximum Gasteiger partial charge on any atom is 0.268 e. The fourth-order valence-corrected chi connectivity index (χ4v) is 3.40. The summed E-state index contributed by atoms with van der Waals surface area (Å²) in [7, 11) is 0. The topological polar surface area (TPSA) is 91.1 Å². The van der Waals surface area contributed by atoms with E-state index in [0.717, 1.165) is 11.1 Å². The van der Waals surface area contributed by atoms with Crippen molar-refractivity contribution < 1.29 is 23.8 Å². The molecule has 1 aliphatic rings. The Morgan fingerprint density at radius 2 is 1.59 bits per heavy atom. The molecule has 2 amide bonds. The lowest BCUT2D eigenvalue weighted by atomic mass is 10.1. The van der Waals surface area contributed by atoms with Gasteiger partial charge in [-0.05, 0) is 35.4 Å². The van der Waals surface area contributed by atoms with Crippen molar-refractivity contribution in [3.05, 3.63) is 90.0 Å². The Labute approximate surface area is 186 Å². The highest BCUT2D eigenvalue weighted by molar-refractivity contribution is 5.87. The molecule has 1 atom stereocenters. The molecular weight excluding hydrogens is 408 g/mol. The number of carbonyl (C=O) groups excluding carboxylic acids is 2. The summed E-state index contributed by atoms with van der Waals surface area (Å²) in [6, 6.07) is 24.4. The van der Waals surface area contributed by atoms with Gasteiger partial charge < -0.3 is 24.8 Å². The minimum absolute atomic E-state index is 0.0668. The third-order valence-corrected chi connectivity index (χ3v) is 4.99. The van der Waals surface area contributed by atoms with Crippen LogP contribution in [0, 0.1) is 0 Å². The standard InChI is InChI=1S/C25H24N2O5/c26-24(28)15-27(25(29)23-17-31-21-8-4-5-9-22(21)32-23)14-18-10-12-20(13-11-18)30-16-19-6-2-1-3-7-19/h1-13,23H,14-17H2,(H2,26,28)/t23-/m0/s1. The highest BCUT2D eigenvalue weighted by atomic mass is 16.6. The number of nitrogens with two attached hydrogens (primary N) is 1. The predicted octanol–water partition coefficient (Wildman–Crippen LogP) is 2.92. The molecule has 1 heterocycles. The maximum absolute atomic E-state index is 13.1. The number of nitrogens with zero attached hydrogens (tertiary/aromatic N) is 1. The van der Waals surface area contributed by atoms with Gasteiger partial charge in [-0.1, -0.05) is 54.6 Å². The summed E-state index contributed by atoms with van der Waals surface area (Å²) in [4.78, 5) is 26.0. The molecule has 1 aliphatic heterocycles. The Kier molecular flexibility index (Phi) is 6.55. The van der Waals surface area contributed by atoms with Gasteiger partial charge >= 0.3 is 0 Å². The molecule has 2 N–H and O–H groups in total. The van der Waals surface area contributed by atoms with Gasteiger partial charge in [0.15, 0.2) is 11.5 Å². The van der Waals surface area contributed by atoms with E-state index in [1.807, 2.05) is 60.7 Å². The van der Waals surface area contributed by atoms with E-state index < -0.39 is 12.0 Å². The number of hydrogen-bond acceptors (Lipinski definition) is 5. The number of benzene rings is 3. The van der Waals surface area contributed by atoms with Crippen LogP contribution < -0.4 is 19.9 Å². The number of para-hydroxylation sites is 2. The van der Waals surface area contributed by atoms with E-state index in [0.29, 0.717) is 23.9 Å². The number of carbonyl (C=O) groups is 2. The second kappa shape index (κ2) is 9.87. The van der Waals surface area contributed by atoms with Crippen molar-refractivity contribution in [1.82, 2.24) is 4.90 Å². The molecule has 7 heteroatoms. The molecular formula is C25H24N2O5. The van der Waals surface area contributed by atoms with Crippen LogP contribution in [0.2, 0.25) is 0 Å². The number of amides is 2. The Hall–Kier alpha value is -4.00. The van der Waals surface area contributed by atoms with Crippen molar-refractivity contribution >= 4 is 11.8 Å². The van der Waals surface area contributed by atoms with E-state index in [9.17, 15) is 9.59 Å². The average Bonchev–Trinajstić information content (AvgIpc) is 2.83. The van der Waals surface area contributed by atoms with Crippen LogP contribution in [-0.2, 0) is 22.7 Å². The van der Waals surface area contributed by atoms with Crippen LogP contribution in [0.25, 0.3) is 0 Å². The summed E-state index contributed by atoms with van der Waals surface area (Å²) in [6.07, 6.45) is -0.849. The molecule has 0 spiro atoms. The van der Waals surface area contributed by atoms with E-state index in [4.69, 9.17) is 19.9 Å². The normalized spacial score (nSPS) is 14.4. The van der Waals surface area contributed by atoms with Gasteiger partial charge in [-0.2, -0.15) is 0 Å². The first-order chi connectivity index (χ1) is 15.6. The molecule has 7 nitrogen and oxygen atoms in total. The quantitative estimate of drug-likeness (QED) is 0.591. The minimum atomic E-state index is -0.849. The fourth-order valence-electron chi connectivity index (χ4n) is 3.40. The van der Waals surface area contributed by atoms with Crippen molar-refractivity contribution in [3.8, 4) is 17.2 Å². The zero-order chi connectivity index (χ0) is 22.3. The number of hydrogen-bond donors (Lipinski definition) is 1. The smallest absolute Gasteiger partial charge is 0.268 e. The van der Waals surface area contributed by atoms with Gasteiger partial charge in [0.2, 0.25) is 12.0 Å². The fraction of sp³-hybridized carbons (Fsp3) is 0.200. The van der Waals surface area contributed by atoms with Gasteiger partial charge in [0, 0.05) is 6.54 Å². The molecule has 3 aromatic rings. The van der Waals surface area contributed by atoms with Crippen LogP contribution in [0.1, 0.15) is 11.1 Å². The molecule has 0 aromatic heterocycles. The molecule has 0 fully saturated rings. The van der Waals surface area contributed by atoms with Crippen LogP contribution in [0.4, 0.5) is 0 Å². The van der Waals surface area contributed by atoms with Gasteiger partial charge in [-0.3, -0.25) is 9.59 Å². The van der Waals surface area contributed by atoms with Gasteiger partial charge in [0.25, 0.3) is 5.91 Å². The highest BCUT2D eigenvalue weighted by Crippen LogP contribution is 2.31. The Morgan fingerprint density at radius 1 is 0.906 bits per heavy atom. The number of fused-ring (bicyclic) bond motifs is 1. The van der Waals surface area contributed by atoms with E-state index in [2.05, 4.69) is 0 Å². The summed E-state index contributed by atoms with van der Waals surface area (Å²) in [5.74, 6) is 0.840. The van der Waals surface area contributed by atoms with Crippen molar-refractivity contribution in [1.29, 1.82) is 0 Å². The van der Waals surface area contributed by atoms with Crippen LogP contribution in [-0.4, -0.2) is 36.0 Å². The van der Waals surface area contributed by atoms with E-state index in [1.165, 1.54) is 4.90 Å². The third-order valence-electron chi connectivity index (χ3n) is 4.99. The zero-order valence-electron chi connectivity index (χ0n) is 17.5. The van der Waals surface area contributed by atoms with Crippen LogP contribution >= 0.6 is 0 Å². The summed E-state index contributed by atoms with van der Waals surface area (Å²) < 4.78 is 17.2. The third kappa shape index (κ3) is 5.37. The maximum atomic E-state index is 13.1.